The molecule has 0 aliphatic rings. The van der Waals surface area contributed by atoms with Crippen molar-refractivity contribution in [2.45, 2.75) is 26.7 Å². The number of ketones is 1. The molecule has 2 rings (SSSR count). The van der Waals surface area contributed by atoms with Crippen LogP contribution in [0.15, 0.2) is 42.5 Å². The normalized spacial score (nSPS) is 10.3. The minimum Gasteiger partial charge on any atom is -0.354 e. The molecule has 0 unspecified atom stereocenters. The largest absolute Gasteiger partial charge is 0.354 e. The van der Waals surface area contributed by atoms with Gasteiger partial charge in [-0.05, 0) is 31.5 Å². The molecule has 0 heterocycles. The number of Topliss-reactive ketones (excluding diaryl/α,β-unsaturated/α-hetero) is 1. The van der Waals surface area contributed by atoms with Crippen molar-refractivity contribution in [2.75, 3.05) is 13.1 Å². The molecule has 2 amide bonds. The van der Waals surface area contributed by atoms with Crippen molar-refractivity contribution in [1.82, 2.24) is 10.6 Å². The number of amides is 2. The van der Waals surface area contributed by atoms with Crippen molar-refractivity contribution in [3.63, 3.8) is 0 Å². The van der Waals surface area contributed by atoms with Gasteiger partial charge in [0.05, 0.1) is 0 Å². The Morgan fingerprint density at radius 1 is 0.852 bits per heavy atom. The molecule has 0 atom stereocenters. The van der Waals surface area contributed by atoms with E-state index < -0.39 is 11.7 Å². The van der Waals surface area contributed by atoms with Crippen LogP contribution in [-0.2, 0) is 4.79 Å². The molecular weight excluding hydrogens is 347 g/mol. The first-order valence-corrected chi connectivity index (χ1v) is 8.77. The molecule has 0 saturated heterocycles. The van der Waals surface area contributed by atoms with E-state index in [9.17, 15) is 18.8 Å². The summed E-state index contributed by atoms with van der Waals surface area (Å²) < 4.78 is 13.5. The Bertz CT molecular complexity index is 832. The number of benzene rings is 2. The minimum atomic E-state index is -0.436. The Morgan fingerprint density at radius 2 is 1.48 bits per heavy atom. The number of aryl methyl sites for hydroxylation is 2. The fourth-order valence-corrected chi connectivity index (χ4v) is 2.41. The molecule has 27 heavy (non-hydrogen) atoms. The summed E-state index contributed by atoms with van der Waals surface area (Å²) in [6, 6.07) is 11.5. The molecule has 0 fully saturated rings. The molecule has 142 valence electrons. The van der Waals surface area contributed by atoms with E-state index in [-0.39, 0.29) is 43.2 Å². The molecular formula is C21H23FN2O3. The van der Waals surface area contributed by atoms with E-state index in [2.05, 4.69) is 10.6 Å². The van der Waals surface area contributed by atoms with Crippen molar-refractivity contribution in [3.05, 3.63) is 70.5 Å². The molecule has 0 aliphatic heterocycles. The Kier molecular flexibility index (Phi) is 7.23. The Labute approximate surface area is 158 Å². The molecule has 0 aliphatic carbocycles. The molecule has 2 N–H and O–H groups in total. The highest BCUT2D eigenvalue weighted by Gasteiger charge is 2.10. The second kappa shape index (κ2) is 9.62. The number of hydrogen-bond donors (Lipinski definition) is 2. The molecule has 5 nitrogen and oxygen atoms in total. The van der Waals surface area contributed by atoms with Gasteiger partial charge in [0.2, 0.25) is 5.91 Å². The van der Waals surface area contributed by atoms with E-state index >= 15 is 0 Å². The van der Waals surface area contributed by atoms with Gasteiger partial charge in [0.25, 0.3) is 5.91 Å². The summed E-state index contributed by atoms with van der Waals surface area (Å²) in [5.74, 6) is -1.18. The lowest BCUT2D eigenvalue weighted by molar-refractivity contribution is -0.121. The van der Waals surface area contributed by atoms with Gasteiger partial charge >= 0.3 is 0 Å². The van der Waals surface area contributed by atoms with Gasteiger partial charge in [-0.25, -0.2) is 4.39 Å². The van der Waals surface area contributed by atoms with E-state index in [1.807, 2.05) is 19.1 Å². The zero-order valence-electron chi connectivity index (χ0n) is 15.5. The quantitative estimate of drug-likeness (QED) is 0.554. The predicted octanol–water partition coefficient (Wildman–Crippen LogP) is 2.95. The Hall–Kier alpha value is -3.02. The first-order valence-electron chi connectivity index (χ1n) is 8.77. The number of hydrogen-bond acceptors (Lipinski definition) is 3. The monoisotopic (exact) mass is 370 g/mol. The van der Waals surface area contributed by atoms with Crippen LogP contribution in [0.4, 0.5) is 4.39 Å². The molecule has 2 aromatic carbocycles. The maximum absolute atomic E-state index is 13.5. The van der Waals surface area contributed by atoms with Crippen LogP contribution in [0.25, 0.3) is 0 Å². The fraction of sp³-hybridized carbons (Fsp3) is 0.286. The van der Waals surface area contributed by atoms with Crippen LogP contribution < -0.4 is 10.6 Å². The molecule has 0 spiro atoms. The number of rotatable bonds is 8. The summed E-state index contributed by atoms with van der Waals surface area (Å²) in [5.41, 5.74) is 2.36. The summed E-state index contributed by atoms with van der Waals surface area (Å²) in [6.45, 7) is 4.01. The van der Waals surface area contributed by atoms with Gasteiger partial charge in [0, 0.05) is 37.1 Å². The van der Waals surface area contributed by atoms with Crippen molar-refractivity contribution in [3.8, 4) is 0 Å². The van der Waals surface area contributed by atoms with Crippen molar-refractivity contribution in [2.24, 2.45) is 0 Å². The number of carbonyl (C=O) groups is 3. The SMILES string of the molecule is Cc1ccc(C(=O)CCC(=O)NCCNC(=O)c2ccc(C)c(F)c2)cc1. The topological polar surface area (TPSA) is 75.3 Å². The van der Waals surface area contributed by atoms with Crippen LogP contribution in [-0.4, -0.2) is 30.7 Å². The highest BCUT2D eigenvalue weighted by molar-refractivity contribution is 5.98. The van der Waals surface area contributed by atoms with Gasteiger partial charge in [-0.3, -0.25) is 14.4 Å². The Morgan fingerprint density at radius 3 is 2.15 bits per heavy atom. The van der Waals surface area contributed by atoms with Crippen LogP contribution in [0.5, 0.6) is 0 Å². The zero-order valence-corrected chi connectivity index (χ0v) is 15.5. The smallest absolute Gasteiger partial charge is 0.251 e. The van der Waals surface area contributed by atoms with Crippen LogP contribution in [0.2, 0.25) is 0 Å². The van der Waals surface area contributed by atoms with E-state index in [1.165, 1.54) is 12.1 Å². The number of nitrogens with one attached hydrogen (secondary N) is 2. The van der Waals surface area contributed by atoms with E-state index in [0.717, 1.165) is 5.56 Å². The average Bonchev–Trinajstić information content (AvgIpc) is 2.65. The van der Waals surface area contributed by atoms with Gasteiger partial charge in [-0.1, -0.05) is 35.9 Å². The first kappa shape index (κ1) is 20.3. The average molecular weight is 370 g/mol. The van der Waals surface area contributed by atoms with Crippen LogP contribution in [0, 0.1) is 19.7 Å². The summed E-state index contributed by atoms with van der Waals surface area (Å²) in [7, 11) is 0. The molecule has 0 radical (unpaired) electrons. The summed E-state index contributed by atoms with van der Waals surface area (Å²) >= 11 is 0. The lowest BCUT2D eigenvalue weighted by Gasteiger charge is -2.08. The lowest BCUT2D eigenvalue weighted by Crippen LogP contribution is -2.34. The van der Waals surface area contributed by atoms with E-state index in [1.54, 1.807) is 25.1 Å². The van der Waals surface area contributed by atoms with E-state index in [4.69, 9.17) is 0 Å². The van der Waals surface area contributed by atoms with Crippen LogP contribution in [0.3, 0.4) is 0 Å². The van der Waals surface area contributed by atoms with Gasteiger partial charge in [0.15, 0.2) is 5.78 Å². The molecule has 6 heteroatoms. The van der Waals surface area contributed by atoms with Crippen molar-refractivity contribution < 1.29 is 18.8 Å². The summed E-state index contributed by atoms with van der Waals surface area (Å²) in [4.78, 5) is 35.7. The Balaban J connectivity index is 1.67. The summed E-state index contributed by atoms with van der Waals surface area (Å²) in [6.07, 6.45) is 0.216. The zero-order chi connectivity index (χ0) is 19.8. The third-order valence-corrected chi connectivity index (χ3v) is 4.12. The van der Waals surface area contributed by atoms with E-state index in [0.29, 0.717) is 11.1 Å². The van der Waals surface area contributed by atoms with Crippen LogP contribution in [0.1, 0.15) is 44.7 Å². The second-order valence-corrected chi connectivity index (χ2v) is 6.36. The fourth-order valence-electron chi connectivity index (χ4n) is 2.41. The molecule has 2 aromatic rings. The second-order valence-electron chi connectivity index (χ2n) is 6.36. The van der Waals surface area contributed by atoms with Gasteiger partial charge in [-0.15, -0.1) is 0 Å². The summed E-state index contributed by atoms with van der Waals surface area (Å²) in [5, 5.41) is 5.26. The maximum Gasteiger partial charge on any atom is 0.251 e. The molecule has 0 aromatic heterocycles. The maximum atomic E-state index is 13.5. The number of carbonyl (C=O) groups excluding carboxylic acids is 3. The third kappa shape index (κ3) is 6.33. The third-order valence-electron chi connectivity index (χ3n) is 4.12. The standard InChI is InChI=1S/C21H23FN2O3/c1-14-3-6-16(7-4-14)19(25)9-10-20(26)23-11-12-24-21(27)17-8-5-15(2)18(22)13-17/h3-8,13H,9-12H2,1-2H3,(H,23,26)(H,24,27). The molecule has 0 saturated carbocycles. The van der Waals surface area contributed by atoms with Crippen LogP contribution >= 0.6 is 0 Å². The lowest BCUT2D eigenvalue weighted by atomic mass is 10.1. The minimum absolute atomic E-state index is 0.0835. The van der Waals surface area contributed by atoms with Gasteiger partial charge in [-0.2, -0.15) is 0 Å². The predicted molar refractivity (Wildman–Crippen MR) is 101 cm³/mol. The number of halogens is 1. The first-order chi connectivity index (χ1) is 12.9. The van der Waals surface area contributed by atoms with Crippen molar-refractivity contribution in [1.29, 1.82) is 0 Å². The van der Waals surface area contributed by atoms with Gasteiger partial charge < -0.3 is 10.6 Å². The molecule has 0 bridgehead atoms. The highest BCUT2D eigenvalue weighted by Crippen LogP contribution is 2.09. The highest BCUT2D eigenvalue weighted by atomic mass is 19.1. The van der Waals surface area contributed by atoms with Crippen molar-refractivity contribution >= 4 is 17.6 Å². The van der Waals surface area contributed by atoms with Gasteiger partial charge in [0.1, 0.15) is 5.82 Å².